The minimum Gasteiger partial charge on any atom is -0.351 e. The minimum atomic E-state index is -0.361. The van der Waals surface area contributed by atoms with Gasteiger partial charge in [0.05, 0.1) is 12.6 Å². The molecule has 3 rings (SSSR count). The number of rotatable bonds is 6. The van der Waals surface area contributed by atoms with Crippen molar-refractivity contribution in [2.24, 2.45) is 10.1 Å². The van der Waals surface area contributed by atoms with Gasteiger partial charge in [-0.3, -0.25) is 9.69 Å². The summed E-state index contributed by atoms with van der Waals surface area (Å²) in [5, 5.41) is 10.2. The highest BCUT2D eigenvalue weighted by molar-refractivity contribution is 7.07. The molecule has 7 nitrogen and oxygen atoms in total. The molecule has 1 aliphatic rings. The molecule has 2 unspecified atom stereocenters. The van der Waals surface area contributed by atoms with Gasteiger partial charge in [-0.2, -0.15) is 11.3 Å². The Morgan fingerprint density at radius 3 is 2.47 bits per heavy atom. The number of benzene rings is 1. The molecule has 1 N–H and O–H groups in total. The van der Waals surface area contributed by atoms with Crippen LogP contribution in [0.3, 0.4) is 0 Å². The highest BCUT2D eigenvalue weighted by Gasteiger charge is 2.28. The van der Waals surface area contributed by atoms with E-state index in [1.807, 2.05) is 36.9 Å². The Balaban J connectivity index is 0.000000267. The quantitative estimate of drug-likeness (QED) is 0.307. The van der Waals surface area contributed by atoms with Crippen molar-refractivity contribution in [3.63, 3.8) is 0 Å². The number of amides is 1. The number of likely N-dealkylation sites (N-methyl/N-ethyl adjacent to an activating group) is 1. The summed E-state index contributed by atoms with van der Waals surface area (Å²) in [6, 6.07) is 9.92. The number of piperazine rings is 1. The van der Waals surface area contributed by atoms with Gasteiger partial charge in [-0.25, -0.2) is 9.38 Å². The number of thiophene rings is 1. The number of nitrogens with one attached hydrogen (secondary N) is 1. The molecule has 1 aromatic heterocycles. The Kier molecular flexibility index (Phi) is 13.4. The second-order valence-corrected chi connectivity index (χ2v) is 7.80. The third kappa shape index (κ3) is 10.4. The Labute approximate surface area is 193 Å². The van der Waals surface area contributed by atoms with Gasteiger partial charge in [0.1, 0.15) is 12.1 Å². The SMILES string of the molecule is C=NOC(=NCC=O)c1ccc(F)cc1.CCCC1C(=O)NC(C)CN1C.c1ccsc1. The second kappa shape index (κ2) is 15.8. The topological polar surface area (TPSA) is 83.4 Å². The smallest absolute Gasteiger partial charge is 0.251 e. The first-order valence-corrected chi connectivity index (χ1v) is 11.2. The van der Waals surface area contributed by atoms with Crippen molar-refractivity contribution in [2.75, 3.05) is 20.1 Å². The molecular formula is C23H31FN4O3S. The molecule has 1 saturated heterocycles. The number of hydrogen-bond donors (Lipinski definition) is 1. The summed E-state index contributed by atoms with van der Waals surface area (Å²) in [6.45, 7) is 8.21. The van der Waals surface area contributed by atoms with Gasteiger partial charge in [-0.05, 0) is 55.4 Å². The van der Waals surface area contributed by atoms with E-state index in [9.17, 15) is 14.0 Å². The van der Waals surface area contributed by atoms with E-state index in [1.165, 1.54) is 24.3 Å². The van der Waals surface area contributed by atoms with Gasteiger partial charge in [-0.15, -0.1) is 0 Å². The van der Waals surface area contributed by atoms with E-state index >= 15 is 0 Å². The standard InChI is InChI=1S/C10H9FN2O2.C9H18N2O.C4H4S/c1-12-15-10(13-6-7-14)8-2-4-9(11)5-3-8;1-4-5-8-9(12)10-7(2)6-11(8)3;1-2-4-5-3-1/h2-5,7H,1,6H2;7-8H,4-6H2,1-3H3,(H,10,12);1-4H. The van der Waals surface area contributed by atoms with Gasteiger partial charge in [0.25, 0.3) is 5.90 Å². The van der Waals surface area contributed by atoms with Crippen LogP contribution >= 0.6 is 11.3 Å². The Bertz CT molecular complexity index is 811. The van der Waals surface area contributed by atoms with E-state index in [0.29, 0.717) is 17.9 Å². The number of carbonyl (C=O) groups excluding carboxylic acids is 2. The number of hydrogen-bond acceptors (Lipinski definition) is 7. The predicted molar refractivity (Wildman–Crippen MR) is 128 cm³/mol. The van der Waals surface area contributed by atoms with Crippen LogP contribution in [0.1, 0.15) is 32.3 Å². The monoisotopic (exact) mass is 462 g/mol. The summed E-state index contributed by atoms with van der Waals surface area (Å²) in [6.07, 6.45) is 2.65. The molecule has 0 bridgehead atoms. The summed E-state index contributed by atoms with van der Waals surface area (Å²) in [5.41, 5.74) is 0.533. The number of nitrogens with zero attached hydrogens (tertiary/aromatic N) is 3. The summed E-state index contributed by atoms with van der Waals surface area (Å²) < 4.78 is 12.6. The van der Waals surface area contributed by atoms with Crippen molar-refractivity contribution in [1.82, 2.24) is 10.2 Å². The van der Waals surface area contributed by atoms with Crippen molar-refractivity contribution in [2.45, 2.75) is 38.8 Å². The van der Waals surface area contributed by atoms with E-state index < -0.39 is 0 Å². The lowest BCUT2D eigenvalue weighted by atomic mass is 10.1. The Morgan fingerprint density at radius 2 is 2.00 bits per heavy atom. The summed E-state index contributed by atoms with van der Waals surface area (Å²) in [7, 11) is 2.02. The van der Waals surface area contributed by atoms with Gasteiger partial charge in [-0.1, -0.05) is 30.6 Å². The van der Waals surface area contributed by atoms with Gasteiger partial charge in [0.2, 0.25) is 5.91 Å². The fraction of sp³-hybridized carbons (Fsp3) is 0.391. The van der Waals surface area contributed by atoms with E-state index in [0.717, 1.165) is 19.4 Å². The number of aldehydes is 1. The maximum atomic E-state index is 12.6. The van der Waals surface area contributed by atoms with E-state index in [4.69, 9.17) is 4.84 Å². The third-order valence-corrected chi connectivity index (χ3v) is 4.95. The number of halogens is 1. The lowest BCUT2D eigenvalue weighted by molar-refractivity contribution is -0.129. The molecule has 174 valence electrons. The zero-order chi connectivity index (χ0) is 23.8. The molecule has 2 aromatic rings. The maximum Gasteiger partial charge on any atom is 0.251 e. The molecule has 1 aliphatic heterocycles. The number of oxime groups is 1. The van der Waals surface area contributed by atoms with E-state index in [2.05, 4.69) is 34.0 Å². The van der Waals surface area contributed by atoms with Gasteiger partial charge in [0, 0.05) is 24.9 Å². The third-order valence-electron chi connectivity index (χ3n) is 4.32. The van der Waals surface area contributed by atoms with Crippen molar-refractivity contribution < 1.29 is 18.8 Å². The molecule has 0 radical (unpaired) electrons. The minimum absolute atomic E-state index is 0.0395. The fourth-order valence-corrected chi connectivity index (χ4v) is 3.40. The van der Waals surface area contributed by atoms with Gasteiger partial charge < -0.3 is 14.9 Å². The molecule has 1 amide bonds. The maximum absolute atomic E-state index is 12.6. The van der Waals surface area contributed by atoms with E-state index in [-0.39, 0.29) is 30.2 Å². The molecule has 0 spiro atoms. The first kappa shape index (κ1) is 27.1. The van der Waals surface area contributed by atoms with Crippen molar-refractivity contribution in [3.05, 3.63) is 58.5 Å². The number of carbonyl (C=O) groups is 2. The molecule has 1 aromatic carbocycles. The second-order valence-electron chi connectivity index (χ2n) is 6.99. The van der Waals surface area contributed by atoms with Crippen LogP contribution in [0.5, 0.6) is 0 Å². The lowest BCUT2D eigenvalue weighted by Gasteiger charge is -2.35. The Hall–Kier alpha value is -2.91. The lowest BCUT2D eigenvalue weighted by Crippen LogP contribution is -2.57. The normalized spacial score (nSPS) is 18.2. The molecule has 2 atom stereocenters. The number of aliphatic imine (C=N–C) groups is 1. The van der Waals surface area contributed by atoms with Crippen LogP contribution in [0, 0.1) is 5.82 Å². The summed E-state index contributed by atoms with van der Waals surface area (Å²) >= 11 is 1.71. The molecular weight excluding hydrogens is 431 g/mol. The molecule has 32 heavy (non-hydrogen) atoms. The van der Waals surface area contributed by atoms with Crippen LogP contribution in [0.4, 0.5) is 4.39 Å². The average molecular weight is 463 g/mol. The van der Waals surface area contributed by atoms with Crippen LogP contribution in [-0.2, 0) is 14.4 Å². The zero-order valence-electron chi connectivity index (χ0n) is 18.7. The van der Waals surface area contributed by atoms with Crippen LogP contribution in [0.2, 0.25) is 0 Å². The van der Waals surface area contributed by atoms with Gasteiger partial charge in [0.15, 0.2) is 0 Å². The Morgan fingerprint density at radius 1 is 1.34 bits per heavy atom. The largest absolute Gasteiger partial charge is 0.351 e. The molecule has 0 aliphatic carbocycles. The average Bonchev–Trinajstić information content (AvgIpc) is 3.35. The van der Waals surface area contributed by atoms with Gasteiger partial charge >= 0.3 is 0 Å². The van der Waals surface area contributed by atoms with Crippen LogP contribution in [0.15, 0.2) is 57.3 Å². The summed E-state index contributed by atoms with van der Waals surface area (Å²) in [4.78, 5) is 32.3. The van der Waals surface area contributed by atoms with Crippen molar-refractivity contribution in [3.8, 4) is 0 Å². The summed E-state index contributed by atoms with van der Waals surface area (Å²) in [5.74, 6) is -0.0322. The first-order valence-electron chi connectivity index (χ1n) is 10.3. The molecule has 9 heteroatoms. The van der Waals surface area contributed by atoms with E-state index in [1.54, 1.807) is 11.3 Å². The van der Waals surface area contributed by atoms with Crippen molar-refractivity contribution >= 4 is 36.1 Å². The zero-order valence-corrected chi connectivity index (χ0v) is 19.6. The van der Waals surface area contributed by atoms with Crippen molar-refractivity contribution in [1.29, 1.82) is 0 Å². The molecule has 2 heterocycles. The van der Waals surface area contributed by atoms with Crippen LogP contribution in [0.25, 0.3) is 0 Å². The highest BCUT2D eigenvalue weighted by Crippen LogP contribution is 2.10. The molecule has 1 fully saturated rings. The highest BCUT2D eigenvalue weighted by atomic mass is 32.1. The predicted octanol–water partition coefficient (Wildman–Crippen LogP) is 3.76. The van der Waals surface area contributed by atoms with Crippen LogP contribution in [-0.4, -0.2) is 61.9 Å². The molecule has 0 saturated carbocycles. The fourth-order valence-electron chi connectivity index (χ4n) is 2.94. The first-order chi connectivity index (χ1) is 15.4. The van der Waals surface area contributed by atoms with Crippen LogP contribution < -0.4 is 5.32 Å².